The van der Waals surface area contributed by atoms with Crippen LogP contribution in [0.15, 0.2) is 30.6 Å². The predicted molar refractivity (Wildman–Crippen MR) is 154 cm³/mol. The van der Waals surface area contributed by atoms with Crippen LogP contribution in [-0.2, 0) is 17.5 Å². The van der Waals surface area contributed by atoms with Gasteiger partial charge in [0, 0.05) is 37.8 Å². The third kappa shape index (κ3) is 5.12. The first-order valence-corrected chi connectivity index (χ1v) is 14.9. The highest BCUT2D eigenvalue weighted by Crippen LogP contribution is 2.38. The van der Waals surface area contributed by atoms with Gasteiger partial charge in [-0.2, -0.15) is 18.2 Å². The van der Waals surface area contributed by atoms with Crippen molar-refractivity contribution < 1.29 is 17.9 Å². The van der Waals surface area contributed by atoms with Crippen LogP contribution in [0.2, 0.25) is 0 Å². The second-order valence-electron chi connectivity index (χ2n) is 12.1. The fraction of sp³-hybridized carbons (Fsp3) is 0.600. The Morgan fingerprint density at radius 1 is 1.10 bits per heavy atom. The van der Waals surface area contributed by atoms with Gasteiger partial charge in [-0.05, 0) is 56.7 Å². The molecule has 2 aliphatic heterocycles. The quantitative estimate of drug-likeness (QED) is 0.277. The van der Waals surface area contributed by atoms with E-state index in [1.807, 2.05) is 11.3 Å². The number of aromatic nitrogens is 6. The van der Waals surface area contributed by atoms with Gasteiger partial charge in [0.15, 0.2) is 11.5 Å². The molecule has 6 rings (SSSR count). The van der Waals surface area contributed by atoms with Crippen LogP contribution < -0.4 is 4.90 Å². The summed E-state index contributed by atoms with van der Waals surface area (Å²) in [6.45, 7) is 13.6. The van der Waals surface area contributed by atoms with E-state index in [4.69, 9.17) is 14.7 Å². The minimum atomic E-state index is -4.35. The number of benzene rings is 1. The SMILES string of the molecule is CC[C@@H]1CN(c2nc3nncn3c3c2nc(C)n3C[C@@H]2CCCO2)[C@@H](C)CN1[C@H](c1ccc(C(F)(F)F)cc1)C(C)C. The van der Waals surface area contributed by atoms with Gasteiger partial charge >= 0.3 is 6.18 Å². The average molecular weight is 585 g/mol. The first-order chi connectivity index (χ1) is 20.1. The number of fused-ring (bicyclic) bond motifs is 3. The Morgan fingerprint density at radius 3 is 2.50 bits per heavy atom. The minimum absolute atomic E-state index is 0.0124. The van der Waals surface area contributed by atoms with E-state index >= 15 is 0 Å². The standard InChI is InChI=1S/C30H39F3N8O/c1-6-23-15-38(19(4)14-40(23)26(18(2)3)21-9-11-22(12-10-21)30(31,32)33)27-25-28(41-17-34-37-29(41)36-27)39(20(5)35-25)16-24-8-7-13-42-24/h9-12,17-19,23-24,26H,6-8,13-16H2,1-5H3/t19-,23+,24-,26-/m0/s1. The van der Waals surface area contributed by atoms with E-state index in [2.05, 4.69) is 52.3 Å². The van der Waals surface area contributed by atoms with E-state index in [0.717, 1.165) is 60.8 Å². The van der Waals surface area contributed by atoms with Crippen molar-refractivity contribution in [2.45, 2.75) is 90.8 Å². The second kappa shape index (κ2) is 11.1. The van der Waals surface area contributed by atoms with Crippen LogP contribution in [0.1, 0.15) is 70.0 Å². The third-order valence-corrected chi connectivity index (χ3v) is 8.91. The fourth-order valence-electron chi connectivity index (χ4n) is 6.85. The lowest BCUT2D eigenvalue weighted by Gasteiger charge is -2.50. The monoisotopic (exact) mass is 584 g/mol. The molecule has 0 saturated carbocycles. The van der Waals surface area contributed by atoms with Gasteiger partial charge in [0.05, 0.1) is 18.2 Å². The highest BCUT2D eigenvalue weighted by molar-refractivity contribution is 5.87. The zero-order chi connectivity index (χ0) is 29.8. The van der Waals surface area contributed by atoms with Gasteiger partial charge in [-0.25, -0.2) is 9.38 Å². The maximum absolute atomic E-state index is 13.3. The number of alkyl halides is 3. The number of ether oxygens (including phenoxy) is 1. The molecule has 2 saturated heterocycles. The van der Waals surface area contributed by atoms with Crippen molar-refractivity contribution >= 4 is 22.8 Å². The molecule has 12 heteroatoms. The summed E-state index contributed by atoms with van der Waals surface area (Å²) in [4.78, 5) is 14.8. The number of hydrogen-bond donors (Lipinski definition) is 0. The molecule has 42 heavy (non-hydrogen) atoms. The summed E-state index contributed by atoms with van der Waals surface area (Å²) < 4.78 is 49.9. The van der Waals surface area contributed by atoms with Crippen molar-refractivity contribution in [1.82, 2.24) is 34.0 Å². The van der Waals surface area contributed by atoms with E-state index in [9.17, 15) is 13.2 Å². The summed E-state index contributed by atoms with van der Waals surface area (Å²) in [6, 6.07) is 5.92. The lowest BCUT2D eigenvalue weighted by molar-refractivity contribution is -0.137. The van der Waals surface area contributed by atoms with Crippen molar-refractivity contribution in [3.05, 3.63) is 47.5 Å². The lowest BCUT2D eigenvalue weighted by Crippen LogP contribution is -2.59. The first-order valence-electron chi connectivity index (χ1n) is 14.9. The maximum atomic E-state index is 13.3. The zero-order valence-corrected chi connectivity index (χ0v) is 24.8. The molecule has 0 amide bonds. The van der Waals surface area contributed by atoms with E-state index in [1.54, 1.807) is 18.5 Å². The number of anilines is 1. The molecule has 9 nitrogen and oxygen atoms in total. The minimum Gasteiger partial charge on any atom is -0.376 e. The number of piperazine rings is 1. The molecule has 4 aromatic rings. The number of aryl methyl sites for hydroxylation is 1. The third-order valence-electron chi connectivity index (χ3n) is 8.91. The number of halogens is 3. The van der Waals surface area contributed by atoms with Crippen LogP contribution in [0.5, 0.6) is 0 Å². The Morgan fingerprint density at radius 2 is 1.86 bits per heavy atom. The van der Waals surface area contributed by atoms with E-state index in [-0.39, 0.29) is 30.1 Å². The number of imidazole rings is 1. The van der Waals surface area contributed by atoms with Crippen molar-refractivity contribution in [2.24, 2.45) is 5.92 Å². The Bertz CT molecular complexity index is 1540. The van der Waals surface area contributed by atoms with E-state index in [1.165, 1.54) is 12.1 Å². The second-order valence-corrected chi connectivity index (χ2v) is 12.1. The summed E-state index contributed by atoms with van der Waals surface area (Å²) in [5.41, 5.74) is 2.02. The highest BCUT2D eigenvalue weighted by Gasteiger charge is 2.39. The van der Waals surface area contributed by atoms with Gasteiger partial charge < -0.3 is 14.2 Å². The molecule has 2 aliphatic rings. The van der Waals surface area contributed by atoms with Crippen LogP contribution in [0, 0.1) is 12.8 Å². The smallest absolute Gasteiger partial charge is 0.376 e. The molecule has 226 valence electrons. The van der Waals surface area contributed by atoms with Crippen LogP contribution in [0.4, 0.5) is 19.0 Å². The molecular weight excluding hydrogens is 545 g/mol. The summed E-state index contributed by atoms with van der Waals surface area (Å²) >= 11 is 0. The van der Waals surface area contributed by atoms with Gasteiger partial charge in [-0.1, -0.05) is 32.9 Å². The van der Waals surface area contributed by atoms with Crippen LogP contribution in [0.3, 0.4) is 0 Å². The number of rotatable bonds is 7. The molecule has 0 radical (unpaired) electrons. The molecule has 0 unspecified atom stereocenters. The highest BCUT2D eigenvalue weighted by atomic mass is 19.4. The van der Waals surface area contributed by atoms with E-state index < -0.39 is 11.7 Å². The molecule has 5 heterocycles. The van der Waals surface area contributed by atoms with Crippen molar-refractivity contribution in [1.29, 1.82) is 0 Å². The van der Waals surface area contributed by atoms with Gasteiger partial charge in [0.2, 0.25) is 0 Å². The summed E-state index contributed by atoms with van der Waals surface area (Å²) in [7, 11) is 0. The fourth-order valence-corrected chi connectivity index (χ4v) is 6.85. The molecule has 0 bridgehead atoms. The predicted octanol–water partition coefficient (Wildman–Crippen LogP) is 5.67. The van der Waals surface area contributed by atoms with E-state index in [0.29, 0.717) is 18.9 Å². The van der Waals surface area contributed by atoms with Crippen LogP contribution >= 0.6 is 0 Å². The summed E-state index contributed by atoms with van der Waals surface area (Å²) in [5, 5.41) is 8.47. The van der Waals surface area contributed by atoms with Gasteiger partial charge in [0.25, 0.3) is 5.78 Å². The van der Waals surface area contributed by atoms with Crippen LogP contribution in [-0.4, -0.2) is 71.9 Å². The maximum Gasteiger partial charge on any atom is 0.416 e. The summed E-state index contributed by atoms with van der Waals surface area (Å²) in [5.74, 6) is 2.42. The van der Waals surface area contributed by atoms with Gasteiger partial charge in [-0.15, -0.1) is 10.2 Å². The number of hydrogen-bond acceptors (Lipinski definition) is 7. The largest absolute Gasteiger partial charge is 0.416 e. The Hall–Kier alpha value is -3.25. The molecule has 1 aromatic carbocycles. The Balaban J connectivity index is 1.36. The van der Waals surface area contributed by atoms with Crippen molar-refractivity contribution in [2.75, 3.05) is 24.6 Å². The molecule has 0 aliphatic carbocycles. The van der Waals surface area contributed by atoms with Gasteiger partial charge in [-0.3, -0.25) is 4.90 Å². The normalized spacial score (nSPS) is 23.1. The number of nitrogens with zero attached hydrogens (tertiary/aromatic N) is 8. The van der Waals surface area contributed by atoms with Crippen molar-refractivity contribution in [3.63, 3.8) is 0 Å². The zero-order valence-electron chi connectivity index (χ0n) is 24.8. The summed E-state index contributed by atoms with van der Waals surface area (Å²) in [6.07, 6.45) is 0.460. The molecule has 3 aromatic heterocycles. The molecule has 0 spiro atoms. The van der Waals surface area contributed by atoms with Crippen molar-refractivity contribution in [3.8, 4) is 0 Å². The molecular formula is C30H39F3N8O. The molecule has 2 fully saturated rings. The van der Waals surface area contributed by atoms with Crippen LogP contribution in [0.25, 0.3) is 16.9 Å². The Labute approximate surface area is 243 Å². The molecule has 0 N–H and O–H groups in total. The lowest BCUT2D eigenvalue weighted by atomic mass is 9.90. The topological polar surface area (TPSA) is 76.6 Å². The molecule has 4 atom stereocenters. The first kappa shape index (κ1) is 28.9. The Kier molecular flexibility index (Phi) is 7.63. The average Bonchev–Trinajstić information content (AvgIpc) is 3.69. The van der Waals surface area contributed by atoms with Gasteiger partial charge in [0.1, 0.15) is 17.7 Å².